The number of carbonyl (C=O) groups excluding carboxylic acids is 2. The quantitative estimate of drug-likeness (QED) is 0.743. The van der Waals surface area contributed by atoms with Crippen LogP contribution in [0.4, 0.5) is 0 Å². The maximum atomic E-state index is 12.8. The lowest BCUT2D eigenvalue weighted by Crippen LogP contribution is -2.52. The molecule has 0 bridgehead atoms. The molecule has 9 heteroatoms. The molecular weight excluding hydrogens is 406 g/mol. The Hall–Kier alpha value is -2.91. The molecule has 30 heavy (non-hydrogen) atoms. The Kier molecular flexibility index (Phi) is 6.73. The van der Waals surface area contributed by atoms with Crippen molar-refractivity contribution >= 4 is 21.8 Å². The zero-order chi connectivity index (χ0) is 21.7. The van der Waals surface area contributed by atoms with Gasteiger partial charge < -0.3 is 15.0 Å². The van der Waals surface area contributed by atoms with Crippen LogP contribution in [0.15, 0.2) is 53.4 Å². The predicted octanol–water partition coefficient (Wildman–Crippen LogP) is 1.27. The van der Waals surface area contributed by atoms with Crippen LogP contribution in [-0.4, -0.2) is 69.3 Å². The number of sulfonamides is 1. The van der Waals surface area contributed by atoms with Crippen molar-refractivity contribution in [2.75, 3.05) is 39.8 Å². The molecule has 1 aliphatic heterocycles. The number of nitrogens with zero attached hydrogens (tertiary/aromatic N) is 2. The van der Waals surface area contributed by atoms with E-state index in [0.717, 1.165) is 5.56 Å². The minimum atomic E-state index is -3.63. The summed E-state index contributed by atoms with van der Waals surface area (Å²) in [5.41, 5.74) is 1.36. The van der Waals surface area contributed by atoms with Crippen molar-refractivity contribution in [3.8, 4) is 5.75 Å². The Morgan fingerprint density at radius 3 is 2.23 bits per heavy atom. The first-order valence-corrected chi connectivity index (χ1v) is 11.0. The SMILES string of the molecule is COc1ccc(S(=O)(=O)N2CCN(C(=O)CNC(=O)c3ccccc3C)CC2)cc1. The van der Waals surface area contributed by atoms with Gasteiger partial charge in [0, 0.05) is 31.7 Å². The topological polar surface area (TPSA) is 96.0 Å². The summed E-state index contributed by atoms with van der Waals surface area (Å²) in [6, 6.07) is 13.4. The highest BCUT2D eigenvalue weighted by molar-refractivity contribution is 7.89. The first-order chi connectivity index (χ1) is 14.3. The maximum absolute atomic E-state index is 12.8. The van der Waals surface area contributed by atoms with Crippen molar-refractivity contribution < 1.29 is 22.7 Å². The first kappa shape index (κ1) is 21.8. The summed E-state index contributed by atoms with van der Waals surface area (Å²) in [6.45, 7) is 2.65. The molecule has 0 unspecified atom stereocenters. The number of aryl methyl sites for hydroxylation is 1. The standard InChI is InChI=1S/C21H25N3O5S/c1-16-5-3-4-6-19(16)21(26)22-15-20(25)23-11-13-24(14-12-23)30(27,28)18-9-7-17(29-2)8-10-18/h3-10H,11-15H2,1-2H3,(H,22,26). The van der Waals surface area contributed by atoms with Gasteiger partial charge in [-0.2, -0.15) is 4.31 Å². The van der Waals surface area contributed by atoms with E-state index < -0.39 is 10.0 Å². The number of amides is 2. The van der Waals surface area contributed by atoms with Crippen LogP contribution in [0, 0.1) is 6.92 Å². The zero-order valence-electron chi connectivity index (χ0n) is 17.0. The second-order valence-electron chi connectivity index (χ2n) is 6.96. The molecule has 1 fully saturated rings. The second-order valence-corrected chi connectivity index (χ2v) is 8.90. The van der Waals surface area contributed by atoms with E-state index in [0.29, 0.717) is 11.3 Å². The third-order valence-electron chi connectivity index (χ3n) is 5.08. The van der Waals surface area contributed by atoms with Gasteiger partial charge in [0.15, 0.2) is 0 Å². The fraction of sp³-hybridized carbons (Fsp3) is 0.333. The smallest absolute Gasteiger partial charge is 0.251 e. The maximum Gasteiger partial charge on any atom is 0.251 e. The van der Waals surface area contributed by atoms with E-state index in [4.69, 9.17) is 4.74 Å². The Balaban J connectivity index is 1.53. The molecule has 1 aliphatic rings. The largest absolute Gasteiger partial charge is 0.497 e. The first-order valence-electron chi connectivity index (χ1n) is 9.58. The van der Waals surface area contributed by atoms with E-state index in [2.05, 4.69) is 5.32 Å². The van der Waals surface area contributed by atoms with Gasteiger partial charge in [0.2, 0.25) is 15.9 Å². The number of nitrogens with one attached hydrogen (secondary N) is 1. The number of carbonyl (C=O) groups is 2. The van der Waals surface area contributed by atoms with Crippen molar-refractivity contribution in [1.29, 1.82) is 0 Å². The summed E-state index contributed by atoms with van der Waals surface area (Å²) >= 11 is 0. The lowest BCUT2D eigenvalue weighted by atomic mass is 10.1. The summed E-state index contributed by atoms with van der Waals surface area (Å²) in [7, 11) is -2.12. The van der Waals surface area contributed by atoms with Crippen LogP contribution in [0.2, 0.25) is 0 Å². The Morgan fingerprint density at radius 2 is 1.63 bits per heavy atom. The lowest BCUT2D eigenvalue weighted by molar-refractivity contribution is -0.131. The van der Waals surface area contributed by atoms with Crippen molar-refractivity contribution in [2.45, 2.75) is 11.8 Å². The number of rotatable bonds is 6. The summed E-state index contributed by atoms with van der Waals surface area (Å²) in [5.74, 6) is 0.0395. The van der Waals surface area contributed by atoms with Crippen LogP contribution in [0.3, 0.4) is 0 Å². The highest BCUT2D eigenvalue weighted by Crippen LogP contribution is 2.20. The van der Waals surface area contributed by atoms with E-state index in [1.54, 1.807) is 29.2 Å². The summed E-state index contributed by atoms with van der Waals surface area (Å²) in [4.78, 5) is 26.5. The zero-order valence-corrected chi connectivity index (χ0v) is 17.8. The molecule has 0 aromatic heterocycles. The Bertz CT molecular complexity index is 1010. The van der Waals surface area contributed by atoms with Gasteiger partial charge in [-0.05, 0) is 42.8 Å². The predicted molar refractivity (Wildman–Crippen MR) is 112 cm³/mol. The van der Waals surface area contributed by atoms with Crippen molar-refractivity contribution in [1.82, 2.24) is 14.5 Å². The molecule has 1 N–H and O–H groups in total. The number of hydrogen-bond acceptors (Lipinski definition) is 5. The van der Waals surface area contributed by atoms with Crippen LogP contribution in [0.25, 0.3) is 0 Å². The number of ether oxygens (including phenoxy) is 1. The Labute approximate surface area is 176 Å². The minimum absolute atomic E-state index is 0.127. The van der Waals surface area contributed by atoms with Gasteiger partial charge in [-0.25, -0.2) is 8.42 Å². The fourth-order valence-electron chi connectivity index (χ4n) is 3.27. The van der Waals surface area contributed by atoms with Crippen LogP contribution in [0.5, 0.6) is 5.75 Å². The van der Waals surface area contributed by atoms with E-state index in [9.17, 15) is 18.0 Å². The molecule has 3 rings (SSSR count). The third kappa shape index (κ3) is 4.80. The van der Waals surface area contributed by atoms with Crippen LogP contribution in [-0.2, 0) is 14.8 Å². The van der Waals surface area contributed by atoms with Gasteiger partial charge in [-0.15, -0.1) is 0 Å². The van der Waals surface area contributed by atoms with Crippen LogP contribution < -0.4 is 10.1 Å². The lowest BCUT2D eigenvalue weighted by Gasteiger charge is -2.34. The molecule has 0 atom stereocenters. The Morgan fingerprint density at radius 1 is 1.00 bits per heavy atom. The molecule has 1 heterocycles. The molecule has 2 amide bonds. The van der Waals surface area contributed by atoms with E-state index >= 15 is 0 Å². The van der Waals surface area contributed by atoms with Gasteiger partial charge in [-0.1, -0.05) is 18.2 Å². The highest BCUT2D eigenvalue weighted by Gasteiger charge is 2.30. The van der Waals surface area contributed by atoms with E-state index in [1.165, 1.54) is 23.5 Å². The van der Waals surface area contributed by atoms with Gasteiger partial charge in [0.1, 0.15) is 5.75 Å². The number of benzene rings is 2. The average molecular weight is 432 g/mol. The molecule has 2 aromatic rings. The molecule has 0 aliphatic carbocycles. The molecule has 2 aromatic carbocycles. The molecular formula is C21H25N3O5S. The molecule has 0 saturated carbocycles. The van der Waals surface area contributed by atoms with Crippen LogP contribution in [0.1, 0.15) is 15.9 Å². The highest BCUT2D eigenvalue weighted by atomic mass is 32.2. The number of piperazine rings is 1. The monoisotopic (exact) mass is 431 g/mol. The fourth-order valence-corrected chi connectivity index (χ4v) is 4.69. The van der Waals surface area contributed by atoms with Crippen molar-refractivity contribution in [2.24, 2.45) is 0 Å². The van der Waals surface area contributed by atoms with Gasteiger partial charge in [-0.3, -0.25) is 9.59 Å². The third-order valence-corrected chi connectivity index (χ3v) is 6.99. The number of methoxy groups -OCH3 is 1. The average Bonchev–Trinajstić information content (AvgIpc) is 2.77. The van der Waals surface area contributed by atoms with Crippen LogP contribution >= 0.6 is 0 Å². The molecule has 1 saturated heterocycles. The normalized spacial score (nSPS) is 14.9. The van der Waals surface area contributed by atoms with Gasteiger partial charge in [0.05, 0.1) is 18.6 Å². The van der Waals surface area contributed by atoms with Gasteiger partial charge in [0.25, 0.3) is 5.91 Å². The minimum Gasteiger partial charge on any atom is -0.497 e. The summed E-state index contributed by atoms with van der Waals surface area (Å²) < 4.78 is 32.0. The number of hydrogen-bond donors (Lipinski definition) is 1. The summed E-state index contributed by atoms with van der Waals surface area (Å²) in [6.07, 6.45) is 0. The van der Waals surface area contributed by atoms with Gasteiger partial charge >= 0.3 is 0 Å². The van der Waals surface area contributed by atoms with Crippen molar-refractivity contribution in [3.05, 3.63) is 59.7 Å². The summed E-state index contributed by atoms with van der Waals surface area (Å²) in [5, 5.41) is 2.64. The van der Waals surface area contributed by atoms with E-state index in [1.807, 2.05) is 19.1 Å². The van der Waals surface area contributed by atoms with E-state index in [-0.39, 0.29) is 49.4 Å². The van der Waals surface area contributed by atoms with Crippen molar-refractivity contribution in [3.63, 3.8) is 0 Å². The molecule has 160 valence electrons. The molecule has 0 radical (unpaired) electrons. The molecule has 0 spiro atoms. The molecule has 8 nitrogen and oxygen atoms in total. The second kappa shape index (κ2) is 9.27.